The van der Waals surface area contributed by atoms with Crippen LogP contribution in [0.1, 0.15) is 58.9 Å². The molecule has 0 atom stereocenters. The van der Waals surface area contributed by atoms with Crippen LogP contribution in [0.2, 0.25) is 0 Å². The fourth-order valence-corrected chi connectivity index (χ4v) is 5.97. The standard InChI is InChI=1S/C33H42F4N8O5S2/c1-31(2,33(35,36)37)22-50-27-17-19-45(43-27)30-29(42-26(20-40-30)44-51(46,47)28-16-11-15-25(34)41-28)24-14-9-8-13-23(24)12-7-5-6-10-18-39-21-32(3,4)52(38,48)49/h8-9,11,13-17,19-20,39H,5-7,10,12,18,21-22H2,1-4H3,(H,42,44)(H2,38,48,49). The van der Waals surface area contributed by atoms with Gasteiger partial charge in [0.25, 0.3) is 10.0 Å². The number of hydrogen-bond donors (Lipinski definition) is 3. The number of primary sulfonamides is 1. The number of rotatable bonds is 18. The van der Waals surface area contributed by atoms with Gasteiger partial charge in [0.15, 0.2) is 16.7 Å². The molecule has 0 spiro atoms. The number of sulfonamides is 2. The highest BCUT2D eigenvalue weighted by Gasteiger charge is 2.48. The minimum absolute atomic E-state index is 0.0944. The van der Waals surface area contributed by atoms with Gasteiger partial charge in [-0.3, -0.25) is 4.72 Å². The van der Waals surface area contributed by atoms with E-state index in [9.17, 15) is 34.4 Å². The van der Waals surface area contributed by atoms with Crippen LogP contribution in [0.4, 0.5) is 23.4 Å². The number of halogens is 4. The Kier molecular flexibility index (Phi) is 12.7. The first kappa shape index (κ1) is 40.6. The summed E-state index contributed by atoms with van der Waals surface area (Å²) in [7, 11) is -8.07. The molecule has 0 bridgehead atoms. The molecule has 1 aromatic carbocycles. The van der Waals surface area contributed by atoms with Crippen molar-refractivity contribution in [3.8, 4) is 23.0 Å². The lowest BCUT2D eigenvalue weighted by atomic mass is 9.94. The van der Waals surface area contributed by atoms with E-state index in [2.05, 4.69) is 30.1 Å². The van der Waals surface area contributed by atoms with Gasteiger partial charge in [-0.1, -0.05) is 43.2 Å². The first-order valence-electron chi connectivity index (χ1n) is 16.3. The minimum atomic E-state index is -4.51. The first-order valence-corrected chi connectivity index (χ1v) is 19.3. The van der Waals surface area contributed by atoms with Crippen LogP contribution in [0.15, 0.2) is 66.0 Å². The Morgan fingerprint density at radius 1 is 0.904 bits per heavy atom. The summed E-state index contributed by atoms with van der Waals surface area (Å²) in [5.74, 6) is -1.15. The molecule has 4 rings (SSSR count). The summed E-state index contributed by atoms with van der Waals surface area (Å²) in [5.41, 5.74) is -0.488. The molecule has 0 unspecified atom stereocenters. The van der Waals surface area contributed by atoms with Crippen molar-refractivity contribution in [3.63, 3.8) is 0 Å². The maximum Gasteiger partial charge on any atom is 0.397 e. The van der Waals surface area contributed by atoms with Gasteiger partial charge >= 0.3 is 6.18 Å². The quantitative estimate of drug-likeness (QED) is 0.0674. The normalized spacial score (nSPS) is 12.9. The smallest absolute Gasteiger partial charge is 0.397 e. The highest BCUT2D eigenvalue weighted by atomic mass is 32.2. The molecule has 0 aliphatic carbocycles. The van der Waals surface area contributed by atoms with Crippen LogP contribution in [-0.4, -0.2) is 72.2 Å². The molecule has 19 heteroatoms. The number of pyridine rings is 1. The molecule has 52 heavy (non-hydrogen) atoms. The summed E-state index contributed by atoms with van der Waals surface area (Å²) in [4.78, 5) is 12.4. The molecule has 0 saturated carbocycles. The summed E-state index contributed by atoms with van der Waals surface area (Å²) < 4.78 is 111. The molecule has 0 aliphatic heterocycles. The van der Waals surface area contributed by atoms with Gasteiger partial charge in [0.2, 0.25) is 21.9 Å². The topological polar surface area (TPSA) is 184 Å². The van der Waals surface area contributed by atoms with Crippen molar-refractivity contribution in [1.82, 2.24) is 30.0 Å². The van der Waals surface area contributed by atoms with E-state index in [4.69, 9.17) is 9.88 Å². The van der Waals surface area contributed by atoms with Crippen molar-refractivity contribution in [2.24, 2.45) is 10.6 Å². The largest absolute Gasteiger partial charge is 0.476 e. The van der Waals surface area contributed by atoms with Gasteiger partial charge < -0.3 is 10.1 Å². The molecule has 0 saturated heterocycles. The van der Waals surface area contributed by atoms with Gasteiger partial charge in [0.1, 0.15) is 12.3 Å². The van der Waals surface area contributed by atoms with E-state index in [0.717, 1.165) is 63.4 Å². The number of unbranched alkanes of at least 4 members (excludes halogenated alkanes) is 3. The van der Waals surface area contributed by atoms with Gasteiger partial charge in [-0.15, -0.1) is 5.10 Å². The van der Waals surface area contributed by atoms with Crippen molar-refractivity contribution >= 4 is 25.9 Å². The zero-order valence-electron chi connectivity index (χ0n) is 29.1. The number of nitrogens with zero attached hydrogens (tertiary/aromatic N) is 5. The maximum atomic E-state index is 13.7. The van der Waals surface area contributed by atoms with Crippen molar-refractivity contribution in [3.05, 3.63) is 72.4 Å². The molecule has 0 aliphatic rings. The Balaban J connectivity index is 1.56. The fourth-order valence-electron chi connectivity index (χ4n) is 4.73. The second kappa shape index (κ2) is 16.2. The summed E-state index contributed by atoms with van der Waals surface area (Å²) in [5, 5.41) is 12.1. The molecule has 13 nitrogen and oxygen atoms in total. The molecule has 284 valence electrons. The van der Waals surface area contributed by atoms with Crippen LogP contribution < -0.4 is 19.9 Å². The number of hydrogen-bond acceptors (Lipinski definition) is 10. The van der Waals surface area contributed by atoms with E-state index in [0.29, 0.717) is 18.5 Å². The Labute approximate surface area is 300 Å². The van der Waals surface area contributed by atoms with Crippen molar-refractivity contribution in [2.75, 3.05) is 24.4 Å². The Morgan fingerprint density at radius 3 is 2.31 bits per heavy atom. The third-order valence-electron chi connectivity index (χ3n) is 8.23. The van der Waals surface area contributed by atoms with Crippen molar-refractivity contribution in [1.29, 1.82) is 0 Å². The monoisotopic (exact) mass is 770 g/mol. The SMILES string of the molecule is CC(C)(COc1ccn(-c2ncc(NS(=O)(=O)c3cccc(F)n3)nc2-c2ccccc2CCCCCCNCC(C)(C)S(N)(=O)=O)n1)C(F)(F)F. The van der Waals surface area contributed by atoms with Crippen LogP contribution in [0.25, 0.3) is 17.1 Å². The summed E-state index contributed by atoms with van der Waals surface area (Å²) >= 11 is 0. The van der Waals surface area contributed by atoms with Crippen LogP contribution in [-0.2, 0) is 26.5 Å². The summed E-state index contributed by atoms with van der Waals surface area (Å²) in [6, 6.07) is 12.0. The Bertz CT molecular complexity index is 2060. The number of benzene rings is 1. The average molecular weight is 771 g/mol. The first-order chi connectivity index (χ1) is 24.2. The van der Waals surface area contributed by atoms with E-state index in [1.54, 1.807) is 26.0 Å². The molecule has 0 amide bonds. The molecule has 3 aromatic heterocycles. The van der Waals surface area contributed by atoms with E-state index in [1.807, 2.05) is 12.1 Å². The highest BCUT2D eigenvalue weighted by molar-refractivity contribution is 7.92. The molecule has 4 N–H and O–H groups in total. The number of alkyl halides is 3. The number of nitrogens with one attached hydrogen (secondary N) is 2. The average Bonchev–Trinajstić information content (AvgIpc) is 3.53. The lowest BCUT2D eigenvalue weighted by Gasteiger charge is -2.26. The number of anilines is 1. The Morgan fingerprint density at radius 2 is 1.62 bits per heavy atom. The molecule has 4 aromatic rings. The van der Waals surface area contributed by atoms with Crippen LogP contribution in [0.5, 0.6) is 5.88 Å². The van der Waals surface area contributed by atoms with Crippen molar-refractivity contribution < 1.29 is 39.1 Å². The van der Waals surface area contributed by atoms with Crippen LogP contribution in [0, 0.1) is 11.4 Å². The number of aryl methyl sites for hydroxylation is 1. The second-order valence-corrected chi connectivity index (χ2v) is 17.2. The predicted molar refractivity (Wildman–Crippen MR) is 187 cm³/mol. The van der Waals surface area contributed by atoms with Crippen LogP contribution >= 0.6 is 0 Å². The third-order valence-corrected chi connectivity index (χ3v) is 11.2. The number of ether oxygens (including phenoxy) is 1. The predicted octanol–water partition coefficient (Wildman–Crippen LogP) is 5.39. The zero-order chi connectivity index (χ0) is 38.4. The van der Waals surface area contributed by atoms with E-state index in [1.165, 1.54) is 23.0 Å². The molecular weight excluding hydrogens is 729 g/mol. The molecular formula is C33H42F4N8O5S2. The van der Waals surface area contributed by atoms with Gasteiger partial charge in [-0.2, -0.15) is 26.0 Å². The zero-order valence-corrected chi connectivity index (χ0v) is 30.7. The fraction of sp³-hybridized carbons (Fsp3) is 0.455. The summed E-state index contributed by atoms with van der Waals surface area (Å²) in [6.45, 7) is 5.31. The lowest BCUT2D eigenvalue weighted by Crippen LogP contribution is -2.46. The third kappa shape index (κ3) is 10.4. The van der Waals surface area contributed by atoms with Gasteiger partial charge in [0.05, 0.1) is 16.4 Å². The molecule has 0 fully saturated rings. The minimum Gasteiger partial charge on any atom is -0.476 e. The molecule has 3 heterocycles. The maximum absolute atomic E-state index is 13.7. The highest BCUT2D eigenvalue weighted by Crippen LogP contribution is 2.38. The van der Waals surface area contributed by atoms with Gasteiger partial charge in [-0.05, 0) is 71.2 Å². The summed E-state index contributed by atoms with van der Waals surface area (Å²) in [6.07, 6.45) is 1.96. The molecule has 0 radical (unpaired) electrons. The van der Waals surface area contributed by atoms with Crippen molar-refractivity contribution in [2.45, 2.75) is 75.7 Å². The Hall–Kier alpha value is -4.20. The van der Waals surface area contributed by atoms with E-state index >= 15 is 0 Å². The van der Waals surface area contributed by atoms with Gasteiger partial charge in [0, 0.05) is 24.4 Å². The second-order valence-electron chi connectivity index (χ2n) is 13.4. The lowest BCUT2D eigenvalue weighted by molar-refractivity contribution is -0.219. The number of aromatic nitrogens is 5. The van der Waals surface area contributed by atoms with Gasteiger partial charge in [-0.25, -0.2) is 33.2 Å². The number of nitrogens with two attached hydrogens (primary N) is 1. The van der Waals surface area contributed by atoms with E-state index < -0.39 is 54.0 Å². The van der Waals surface area contributed by atoms with Crippen LogP contribution in [0.3, 0.4) is 0 Å². The van der Waals surface area contributed by atoms with E-state index in [-0.39, 0.29) is 29.8 Å².